The van der Waals surface area contributed by atoms with Crippen molar-refractivity contribution in [2.75, 3.05) is 24.6 Å². The first-order valence-corrected chi connectivity index (χ1v) is 6.14. The van der Waals surface area contributed by atoms with Crippen molar-refractivity contribution in [1.29, 1.82) is 0 Å². The van der Waals surface area contributed by atoms with Crippen LogP contribution in [0, 0.1) is 6.92 Å². The van der Waals surface area contributed by atoms with Crippen LogP contribution in [-0.4, -0.2) is 34.8 Å². The average molecular weight is 253 g/mol. The number of hydrogen-bond acceptors (Lipinski definition) is 4. The predicted octanol–water partition coefficient (Wildman–Crippen LogP) is 1.23. The molecule has 0 spiro atoms. The van der Waals surface area contributed by atoms with Crippen molar-refractivity contribution < 1.29 is 5.11 Å². The first kappa shape index (κ1) is 13.9. The van der Waals surface area contributed by atoms with Crippen LogP contribution in [0.25, 0.3) is 0 Å². The van der Waals surface area contributed by atoms with E-state index in [1.165, 1.54) is 0 Å². The summed E-state index contributed by atoms with van der Waals surface area (Å²) in [5.74, 6) is 0.813. The number of anilines is 1. The lowest BCUT2D eigenvalue weighted by Gasteiger charge is -2.24. The van der Waals surface area contributed by atoms with Crippen molar-refractivity contribution in [3.8, 4) is 0 Å². The summed E-state index contributed by atoms with van der Waals surface area (Å²) in [6.07, 6.45) is 0.709. The maximum absolute atomic E-state index is 8.89. The lowest BCUT2D eigenvalue weighted by molar-refractivity contribution is 0.289. The molecule has 1 aromatic heterocycles. The average Bonchev–Trinajstić information content (AvgIpc) is 2.29. The van der Waals surface area contributed by atoms with Gasteiger partial charge in [0.2, 0.25) is 0 Å². The molecule has 3 N–H and O–H groups in total. The number of aliphatic hydroxyl groups excluding tert-OH is 1. The van der Waals surface area contributed by atoms with Gasteiger partial charge in [-0.15, -0.1) is 0 Å². The molecule has 0 aromatic carbocycles. The Labute approximate surface area is 107 Å². The SMILES string of the molecule is CCN(CCCO)c1nc(C)ccc1C(N)=S. The van der Waals surface area contributed by atoms with E-state index in [9.17, 15) is 0 Å². The van der Waals surface area contributed by atoms with E-state index in [1.54, 1.807) is 0 Å². The molecule has 0 unspecified atom stereocenters. The minimum atomic E-state index is 0.171. The maximum atomic E-state index is 8.89. The molecule has 0 saturated heterocycles. The summed E-state index contributed by atoms with van der Waals surface area (Å²) in [6, 6.07) is 3.81. The van der Waals surface area contributed by atoms with E-state index in [-0.39, 0.29) is 6.61 Å². The zero-order valence-corrected chi connectivity index (χ0v) is 11.1. The Kier molecular flexibility index (Phi) is 5.31. The van der Waals surface area contributed by atoms with Crippen LogP contribution in [0.1, 0.15) is 24.6 Å². The van der Waals surface area contributed by atoms with Crippen LogP contribution in [0.2, 0.25) is 0 Å². The van der Waals surface area contributed by atoms with Gasteiger partial charge < -0.3 is 15.7 Å². The molecule has 1 rings (SSSR count). The van der Waals surface area contributed by atoms with Crippen LogP contribution in [-0.2, 0) is 0 Å². The van der Waals surface area contributed by atoms with Crippen LogP contribution in [0.4, 0.5) is 5.82 Å². The van der Waals surface area contributed by atoms with Crippen molar-refractivity contribution in [3.05, 3.63) is 23.4 Å². The van der Waals surface area contributed by atoms with Gasteiger partial charge in [0.25, 0.3) is 0 Å². The monoisotopic (exact) mass is 253 g/mol. The summed E-state index contributed by atoms with van der Waals surface area (Å²) >= 11 is 5.03. The molecular formula is C12H19N3OS. The normalized spacial score (nSPS) is 10.3. The van der Waals surface area contributed by atoms with Crippen molar-refractivity contribution in [2.24, 2.45) is 5.73 Å². The van der Waals surface area contributed by atoms with Gasteiger partial charge in [-0.05, 0) is 32.4 Å². The number of rotatable bonds is 6. The Balaban J connectivity index is 3.06. The molecule has 17 heavy (non-hydrogen) atoms. The van der Waals surface area contributed by atoms with Gasteiger partial charge in [0.05, 0.1) is 5.56 Å². The molecule has 0 aliphatic rings. The molecule has 0 fully saturated rings. The highest BCUT2D eigenvalue weighted by atomic mass is 32.1. The third kappa shape index (κ3) is 3.64. The van der Waals surface area contributed by atoms with E-state index < -0.39 is 0 Å². The summed E-state index contributed by atoms with van der Waals surface area (Å²) in [5.41, 5.74) is 7.43. The number of aromatic nitrogens is 1. The van der Waals surface area contributed by atoms with E-state index in [0.29, 0.717) is 11.4 Å². The second kappa shape index (κ2) is 6.51. The van der Waals surface area contributed by atoms with Gasteiger partial charge in [-0.1, -0.05) is 12.2 Å². The molecule has 0 atom stereocenters. The molecule has 94 valence electrons. The first-order chi connectivity index (χ1) is 8.10. The van der Waals surface area contributed by atoms with Crippen molar-refractivity contribution in [2.45, 2.75) is 20.3 Å². The zero-order chi connectivity index (χ0) is 12.8. The Morgan fingerprint density at radius 1 is 1.53 bits per heavy atom. The zero-order valence-electron chi connectivity index (χ0n) is 10.3. The summed E-state index contributed by atoms with van der Waals surface area (Å²) in [4.78, 5) is 6.93. The molecule has 4 nitrogen and oxygen atoms in total. The van der Waals surface area contributed by atoms with Crippen molar-refractivity contribution >= 4 is 23.0 Å². The third-order valence-corrected chi connectivity index (χ3v) is 2.77. The van der Waals surface area contributed by atoms with Gasteiger partial charge in [0.1, 0.15) is 10.8 Å². The molecular weight excluding hydrogens is 234 g/mol. The second-order valence-electron chi connectivity index (χ2n) is 3.84. The van der Waals surface area contributed by atoms with Crippen molar-refractivity contribution in [3.63, 3.8) is 0 Å². The lowest BCUT2D eigenvalue weighted by atomic mass is 10.2. The summed E-state index contributed by atoms with van der Waals surface area (Å²) < 4.78 is 0. The van der Waals surface area contributed by atoms with Gasteiger partial charge >= 0.3 is 0 Å². The molecule has 0 amide bonds. The van der Waals surface area contributed by atoms with Crippen LogP contribution in [0.5, 0.6) is 0 Å². The Morgan fingerprint density at radius 2 is 2.24 bits per heavy atom. The fourth-order valence-corrected chi connectivity index (χ4v) is 1.81. The molecule has 0 saturated carbocycles. The van der Waals surface area contributed by atoms with E-state index in [2.05, 4.69) is 9.88 Å². The largest absolute Gasteiger partial charge is 0.396 e. The molecule has 1 aromatic rings. The maximum Gasteiger partial charge on any atom is 0.139 e. The fraction of sp³-hybridized carbons (Fsp3) is 0.500. The van der Waals surface area contributed by atoms with Crippen LogP contribution < -0.4 is 10.6 Å². The molecule has 0 aliphatic heterocycles. The van der Waals surface area contributed by atoms with Gasteiger partial charge in [-0.3, -0.25) is 0 Å². The summed E-state index contributed by atoms with van der Waals surface area (Å²) in [5, 5.41) is 8.89. The number of aryl methyl sites for hydroxylation is 1. The Bertz CT molecular complexity index is 395. The van der Waals surface area contributed by atoms with E-state index in [0.717, 1.165) is 30.2 Å². The van der Waals surface area contributed by atoms with Crippen LogP contribution >= 0.6 is 12.2 Å². The molecule has 0 aliphatic carbocycles. The van der Waals surface area contributed by atoms with Gasteiger partial charge in [-0.2, -0.15) is 0 Å². The Hall–Kier alpha value is -1.20. The molecule has 0 radical (unpaired) electrons. The standard InChI is InChI=1S/C12H19N3OS/c1-3-15(7-4-8-16)12-10(11(13)17)6-5-9(2)14-12/h5-6,16H,3-4,7-8H2,1-2H3,(H2,13,17). The number of thiocarbonyl (C=S) groups is 1. The quantitative estimate of drug-likeness (QED) is 0.747. The fourth-order valence-electron chi connectivity index (χ4n) is 1.65. The minimum Gasteiger partial charge on any atom is -0.396 e. The predicted molar refractivity (Wildman–Crippen MR) is 74.5 cm³/mol. The molecule has 1 heterocycles. The number of aliphatic hydroxyl groups is 1. The van der Waals surface area contributed by atoms with Gasteiger partial charge in [0, 0.05) is 25.4 Å². The number of nitrogens with two attached hydrogens (primary N) is 1. The second-order valence-corrected chi connectivity index (χ2v) is 4.28. The van der Waals surface area contributed by atoms with E-state index in [1.807, 2.05) is 26.0 Å². The first-order valence-electron chi connectivity index (χ1n) is 5.73. The summed E-state index contributed by atoms with van der Waals surface area (Å²) in [7, 11) is 0. The smallest absolute Gasteiger partial charge is 0.139 e. The number of hydrogen-bond donors (Lipinski definition) is 2. The van der Waals surface area contributed by atoms with Crippen molar-refractivity contribution in [1.82, 2.24) is 4.98 Å². The minimum absolute atomic E-state index is 0.171. The highest BCUT2D eigenvalue weighted by Crippen LogP contribution is 2.18. The lowest BCUT2D eigenvalue weighted by Crippen LogP contribution is -2.28. The van der Waals surface area contributed by atoms with Gasteiger partial charge in [-0.25, -0.2) is 4.98 Å². The molecule has 5 heteroatoms. The van der Waals surface area contributed by atoms with E-state index >= 15 is 0 Å². The summed E-state index contributed by atoms with van der Waals surface area (Å²) in [6.45, 7) is 5.72. The highest BCUT2D eigenvalue weighted by molar-refractivity contribution is 7.80. The Morgan fingerprint density at radius 3 is 2.76 bits per heavy atom. The third-order valence-electron chi connectivity index (χ3n) is 2.55. The molecule has 0 bridgehead atoms. The van der Waals surface area contributed by atoms with E-state index in [4.69, 9.17) is 23.1 Å². The topological polar surface area (TPSA) is 62.4 Å². The van der Waals surface area contributed by atoms with Crippen LogP contribution in [0.15, 0.2) is 12.1 Å². The highest BCUT2D eigenvalue weighted by Gasteiger charge is 2.13. The number of nitrogens with zero attached hydrogens (tertiary/aromatic N) is 2. The van der Waals surface area contributed by atoms with Crippen LogP contribution in [0.3, 0.4) is 0 Å². The number of pyridine rings is 1. The van der Waals surface area contributed by atoms with Gasteiger partial charge in [0.15, 0.2) is 0 Å².